The minimum atomic E-state index is -0.367. The fourth-order valence-corrected chi connectivity index (χ4v) is 2.95. The molecule has 0 bridgehead atoms. The maximum Gasteiger partial charge on any atom is 0.301 e. The first-order chi connectivity index (χ1) is 8.74. The van der Waals surface area contributed by atoms with Crippen molar-refractivity contribution in [3.8, 4) is 0 Å². The highest BCUT2D eigenvalue weighted by Gasteiger charge is 2.21. The van der Waals surface area contributed by atoms with E-state index in [4.69, 9.17) is 10.3 Å². The number of amides is 1. The summed E-state index contributed by atoms with van der Waals surface area (Å²) in [5, 5.41) is 0.775. The first-order valence-electron chi connectivity index (χ1n) is 6.07. The molecule has 0 saturated carbocycles. The molecule has 2 heterocycles. The molecule has 5 nitrogen and oxygen atoms in total. The van der Waals surface area contributed by atoms with E-state index in [1.165, 1.54) is 19.1 Å². The molecular formula is C12H19N3O2S. The van der Waals surface area contributed by atoms with Crippen molar-refractivity contribution >= 4 is 17.7 Å². The Hall–Kier alpha value is -0.980. The molecule has 6 heteroatoms. The third-order valence-electron chi connectivity index (χ3n) is 3.35. The lowest BCUT2D eigenvalue weighted by Gasteiger charge is -2.30. The standard InChI is InChI=1S/C12H19N3O2S/c1-18-10-2-5-15(6-3-10)8-9-4-7-17-11(9)12(16)14-13/h4,7,10H,2-3,5-6,8,13H2,1H3,(H,14,16). The largest absolute Gasteiger partial charge is 0.459 e. The smallest absolute Gasteiger partial charge is 0.301 e. The minimum Gasteiger partial charge on any atom is -0.459 e. The molecular weight excluding hydrogens is 250 g/mol. The second kappa shape index (κ2) is 6.26. The first-order valence-corrected chi connectivity index (χ1v) is 7.36. The van der Waals surface area contributed by atoms with Crippen molar-refractivity contribution in [3.05, 3.63) is 23.7 Å². The minimum absolute atomic E-state index is 0.324. The Morgan fingerprint density at radius 1 is 1.61 bits per heavy atom. The van der Waals surface area contributed by atoms with Crippen molar-refractivity contribution in [2.75, 3.05) is 19.3 Å². The van der Waals surface area contributed by atoms with Crippen LogP contribution >= 0.6 is 11.8 Å². The van der Waals surface area contributed by atoms with E-state index in [-0.39, 0.29) is 5.91 Å². The van der Waals surface area contributed by atoms with Crippen molar-refractivity contribution in [2.24, 2.45) is 5.84 Å². The van der Waals surface area contributed by atoms with Crippen LogP contribution in [-0.2, 0) is 6.54 Å². The van der Waals surface area contributed by atoms with Gasteiger partial charge in [0, 0.05) is 17.4 Å². The van der Waals surface area contributed by atoms with Crippen LogP contribution in [0, 0.1) is 0 Å². The van der Waals surface area contributed by atoms with Crippen LogP contribution in [0.2, 0.25) is 0 Å². The molecule has 0 aliphatic carbocycles. The first kappa shape index (κ1) is 13.5. The predicted octanol–water partition coefficient (Wildman–Crippen LogP) is 1.21. The lowest BCUT2D eigenvalue weighted by molar-refractivity contribution is 0.0922. The monoisotopic (exact) mass is 269 g/mol. The molecule has 1 aromatic heterocycles. The van der Waals surface area contributed by atoms with Crippen LogP contribution in [0.25, 0.3) is 0 Å². The van der Waals surface area contributed by atoms with Gasteiger partial charge in [-0.1, -0.05) is 0 Å². The van der Waals surface area contributed by atoms with E-state index >= 15 is 0 Å². The van der Waals surface area contributed by atoms with Crippen molar-refractivity contribution in [1.29, 1.82) is 0 Å². The molecule has 1 fully saturated rings. The zero-order chi connectivity index (χ0) is 13.0. The Morgan fingerprint density at radius 2 is 2.33 bits per heavy atom. The Labute approximate surface area is 111 Å². The predicted molar refractivity (Wildman–Crippen MR) is 72.2 cm³/mol. The van der Waals surface area contributed by atoms with Crippen molar-refractivity contribution in [3.63, 3.8) is 0 Å². The maximum atomic E-state index is 11.5. The van der Waals surface area contributed by atoms with Gasteiger partial charge in [0.15, 0.2) is 5.76 Å². The molecule has 1 saturated heterocycles. The van der Waals surface area contributed by atoms with Crippen molar-refractivity contribution in [1.82, 2.24) is 10.3 Å². The molecule has 1 aromatic rings. The molecule has 1 aliphatic heterocycles. The van der Waals surface area contributed by atoms with E-state index in [2.05, 4.69) is 16.6 Å². The van der Waals surface area contributed by atoms with Gasteiger partial charge in [-0.15, -0.1) is 0 Å². The van der Waals surface area contributed by atoms with Gasteiger partial charge in [0.1, 0.15) is 0 Å². The quantitative estimate of drug-likeness (QED) is 0.488. The van der Waals surface area contributed by atoms with E-state index < -0.39 is 0 Å². The summed E-state index contributed by atoms with van der Waals surface area (Å²) < 4.78 is 5.18. The number of rotatable bonds is 4. The number of likely N-dealkylation sites (tertiary alicyclic amines) is 1. The summed E-state index contributed by atoms with van der Waals surface area (Å²) in [7, 11) is 0. The molecule has 18 heavy (non-hydrogen) atoms. The molecule has 1 aliphatic rings. The second-order valence-electron chi connectivity index (χ2n) is 4.46. The van der Waals surface area contributed by atoms with Crippen LogP contribution in [0.3, 0.4) is 0 Å². The van der Waals surface area contributed by atoms with Gasteiger partial charge in [-0.25, -0.2) is 5.84 Å². The zero-order valence-corrected chi connectivity index (χ0v) is 11.3. The average Bonchev–Trinajstić information content (AvgIpc) is 2.87. The number of nitrogens with zero attached hydrogens (tertiary/aromatic N) is 1. The van der Waals surface area contributed by atoms with E-state index in [9.17, 15) is 4.79 Å². The van der Waals surface area contributed by atoms with Crippen LogP contribution in [0.15, 0.2) is 16.7 Å². The number of hydrogen-bond donors (Lipinski definition) is 2. The lowest BCUT2D eigenvalue weighted by atomic mass is 10.1. The summed E-state index contributed by atoms with van der Waals surface area (Å²) in [4.78, 5) is 13.8. The van der Waals surface area contributed by atoms with Gasteiger partial charge in [0.25, 0.3) is 0 Å². The normalized spacial score (nSPS) is 17.9. The van der Waals surface area contributed by atoms with Gasteiger partial charge in [0.2, 0.25) is 0 Å². The van der Waals surface area contributed by atoms with Crippen molar-refractivity contribution in [2.45, 2.75) is 24.6 Å². The van der Waals surface area contributed by atoms with Crippen molar-refractivity contribution < 1.29 is 9.21 Å². The van der Waals surface area contributed by atoms with Gasteiger partial charge in [-0.3, -0.25) is 15.1 Å². The Balaban J connectivity index is 1.94. The number of furan rings is 1. The van der Waals surface area contributed by atoms with E-state index in [0.717, 1.165) is 30.4 Å². The molecule has 100 valence electrons. The molecule has 0 spiro atoms. The van der Waals surface area contributed by atoms with Gasteiger partial charge in [-0.2, -0.15) is 11.8 Å². The summed E-state index contributed by atoms with van der Waals surface area (Å²) in [5.41, 5.74) is 3.01. The molecule has 0 unspecified atom stereocenters. The molecule has 0 radical (unpaired) electrons. The SMILES string of the molecule is CSC1CCN(Cc2ccoc2C(=O)NN)CC1. The second-order valence-corrected chi connectivity index (χ2v) is 5.60. The Kier molecular flexibility index (Phi) is 4.68. The Bertz CT molecular complexity index is 400. The van der Waals surface area contributed by atoms with Gasteiger partial charge in [0.05, 0.1) is 6.26 Å². The number of nitrogens with two attached hydrogens (primary N) is 1. The topological polar surface area (TPSA) is 71.5 Å². The summed E-state index contributed by atoms with van der Waals surface area (Å²) in [6, 6.07) is 1.84. The van der Waals surface area contributed by atoms with E-state index in [1.54, 1.807) is 0 Å². The zero-order valence-electron chi connectivity index (χ0n) is 10.5. The van der Waals surface area contributed by atoms with Gasteiger partial charge >= 0.3 is 5.91 Å². The average molecular weight is 269 g/mol. The number of carbonyl (C=O) groups is 1. The number of nitrogens with one attached hydrogen (secondary N) is 1. The van der Waals surface area contributed by atoms with Crippen LogP contribution < -0.4 is 11.3 Å². The third-order valence-corrected chi connectivity index (χ3v) is 4.48. The molecule has 1 amide bonds. The highest BCUT2D eigenvalue weighted by molar-refractivity contribution is 7.99. The fourth-order valence-electron chi connectivity index (χ4n) is 2.27. The van der Waals surface area contributed by atoms with Gasteiger partial charge in [-0.05, 0) is 38.3 Å². The summed E-state index contributed by atoms with van der Waals surface area (Å²) in [6.07, 6.45) is 6.11. The third kappa shape index (κ3) is 3.07. The number of carbonyl (C=O) groups excluding carboxylic acids is 1. The van der Waals surface area contributed by atoms with E-state index in [1.807, 2.05) is 17.8 Å². The number of nitrogen functional groups attached to an aromatic ring is 1. The Morgan fingerprint density at radius 3 is 2.94 bits per heavy atom. The van der Waals surface area contributed by atoms with Crippen LogP contribution in [0.1, 0.15) is 29.0 Å². The molecule has 0 aromatic carbocycles. The summed E-state index contributed by atoms with van der Waals surface area (Å²) in [5.74, 6) is 5.08. The maximum absolute atomic E-state index is 11.5. The van der Waals surface area contributed by atoms with Crippen LogP contribution in [0.5, 0.6) is 0 Å². The summed E-state index contributed by atoms with van der Waals surface area (Å²) >= 11 is 1.94. The molecule has 2 rings (SSSR count). The number of piperidine rings is 1. The highest BCUT2D eigenvalue weighted by atomic mass is 32.2. The van der Waals surface area contributed by atoms with Crippen LogP contribution in [0.4, 0.5) is 0 Å². The van der Waals surface area contributed by atoms with Crippen LogP contribution in [-0.4, -0.2) is 35.4 Å². The number of thioether (sulfide) groups is 1. The highest BCUT2D eigenvalue weighted by Crippen LogP contribution is 2.23. The number of hydrogen-bond acceptors (Lipinski definition) is 5. The number of hydrazine groups is 1. The summed E-state index contributed by atoms with van der Waals surface area (Å²) in [6.45, 7) is 2.89. The molecule has 3 N–H and O–H groups in total. The fraction of sp³-hybridized carbons (Fsp3) is 0.583. The molecule has 0 atom stereocenters. The van der Waals surface area contributed by atoms with Gasteiger partial charge < -0.3 is 4.42 Å². The lowest BCUT2D eigenvalue weighted by Crippen LogP contribution is -2.35. The van der Waals surface area contributed by atoms with E-state index in [0.29, 0.717) is 5.76 Å².